The Labute approximate surface area is 311 Å². The van der Waals surface area contributed by atoms with Gasteiger partial charge in [0, 0.05) is 23.8 Å². The highest BCUT2D eigenvalue weighted by Gasteiger charge is 2.64. The van der Waals surface area contributed by atoms with Gasteiger partial charge in [-0.25, -0.2) is 4.67 Å². The molecule has 270 valence electrons. The minimum Gasteiger partial charge on any atom is -0.368 e. The second kappa shape index (κ2) is 14.0. The highest BCUT2D eigenvalue weighted by atomic mass is 31.2. The molecule has 5 aromatic rings. The quantitative estimate of drug-likeness (QED) is 0.0504. The van der Waals surface area contributed by atoms with Crippen molar-refractivity contribution < 1.29 is 23.3 Å². The van der Waals surface area contributed by atoms with Gasteiger partial charge in [0.15, 0.2) is 6.23 Å². The van der Waals surface area contributed by atoms with Gasteiger partial charge in [0.25, 0.3) is 14.4 Å². The molecule has 2 fully saturated rings. The molecule has 1 N–H and O–H groups in total. The Morgan fingerprint density at radius 2 is 1.64 bits per heavy atom. The van der Waals surface area contributed by atoms with Gasteiger partial charge in [-0.3, -0.25) is 4.79 Å². The summed E-state index contributed by atoms with van der Waals surface area (Å²) in [5.41, 5.74) is 0.390. The second-order valence-corrected chi connectivity index (χ2v) is 15.9. The number of fused-ring (bicyclic) bond motifs is 4. The topological polar surface area (TPSA) is 96.3 Å². The van der Waals surface area contributed by atoms with Crippen molar-refractivity contribution in [2.45, 2.75) is 83.6 Å². The van der Waals surface area contributed by atoms with Crippen LogP contribution in [-0.2, 0) is 23.3 Å². The molecule has 2 saturated heterocycles. The Morgan fingerprint density at radius 1 is 0.981 bits per heavy atom. The molecule has 1 amide bonds. The number of hydrogen-bond donors (Lipinski definition) is 1. The highest BCUT2D eigenvalue weighted by Crippen LogP contribution is 2.55. The van der Waals surface area contributed by atoms with Gasteiger partial charge in [-0.15, -0.1) is 0 Å². The van der Waals surface area contributed by atoms with Crippen molar-refractivity contribution in [1.29, 1.82) is 5.26 Å². The summed E-state index contributed by atoms with van der Waals surface area (Å²) in [6.07, 6.45) is 1.06. The fourth-order valence-corrected chi connectivity index (χ4v) is 10.1. The first-order valence-electron chi connectivity index (χ1n) is 18.3. The second-order valence-electron chi connectivity index (χ2n) is 14.5. The smallest absolute Gasteiger partial charge is 0.266 e. The monoisotopic (exact) mass is 726 g/mol. The van der Waals surface area contributed by atoms with Gasteiger partial charge in [0.2, 0.25) is 0 Å². The van der Waals surface area contributed by atoms with Crippen LogP contribution in [0.5, 0.6) is 0 Å². The molecule has 0 aromatic heterocycles. The third-order valence-corrected chi connectivity index (χ3v) is 12.8. The van der Waals surface area contributed by atoms with Crippen molar-refractivity contribution in [2.24, 2.45) is 0 Å². The van der Waals surface area contributed by atoms with Crippen LogP contribution >= 0.6 is 8.53 Å². The molecule has 0 radical (unpaired) electrons. The molecule has 0 spiro atoms. The summed E-state index contributed by atoms with van der Waals surface area (Å²) in [6, 6.07) is 25.9. The summed E-state index contributed by atoms with van der Waals surface area (Å²) >= 11 is 0. The van der Waals surface area contributed by atoms with Gasteiger partial charge in [-0.1, -0.05) is 86.0 Å². The molecule has 0 aliphatic carbocycles. The molecule has 2 unspecified atom stereocenters. The van der Waals surface area contributed by atoms with E-state index in [1.54, 1.807) is 11.1 Å². The lowest BCUT2D eigenvalue weighted by Crippen LogP contribution is -2.49. The van der Waals surface area contributed by atoms with Crippen molar-refractivity contribution in [3.8, 4) is 17.9 Å². The Bertz CT molecular complexity index is 2330. The minimum absolute atomic E-state index is 0.145. The number of carbonyl (C=O) groups is 1. The Balaban J connectivity index is 1.13. The van der Waals surface area contributed by atoms with Crippen molar-refractivity contribution in [2.75, 3.05) is 13.2 Å². The Morgan fingerprint density at radius 3 is 2.32 bits per heavy atom. The van der Waals surface area contributed by atoms with E-state index in [0.29, 0.717) is 18.8 Å². The number of nitrogens with zero attached hydrogens (tertiary/aromatic N) is 3. The molecule has 5 atom stereocenters. The fraction of sp³-hybridized carbons (Fsp3) is 0.349. The van der Waals surface area contributed by atoms with Gasteiger partial charge >= 0.3 is 0 Å². The normalized spacial score (nSPS) is 23.4. The molecule has 3 aliphatic rings. The third kappa shape index (κ3) is 5.93. The average molecular weight is 727 g/mol. The summed E-state index contributed by atoms with van der Waals surface area (Å²) < 4.78 is 28.5. The maximum Gasteiger partial charge on any atom is 0.266 e. The summed E-state index contributed by atoms with van der Waals surface area (Å²) in [5.74, 6) is 6.57. The van der Waals surface area contributed by atoms with Gasteiger partial charge in [-0.05, 0) is 83.3 Å². The van der Waals surface area contributed by atoms with Crippen LogP contribution < -0.4 is 5.32 Å². The zero-order valence-corrected chi connectivity index (χ0v) is 31.6. The number of carbonyl (C=O) groups excluding carboxylic acids is 1. The van der Waals surface area contributed by atoms with Crippen molar-refractivity contribution in [3.63, 3.8) is 0 Å². The van der Waals surface area contributed by atoms with Crippen LogP contribution in [0.4, 0.5) is 0 Å². The van der Waals surface area contributed by atoms with Crippen LogP contribution in [0.3, 0.4) is 0 Å². The van der Waals surface area contributed by atoms with Crippen LogP contribution in [0.15, 0.2) is 90.9 Å². The summed E-state index contributed by atoms with van der Waals surface area (Å²) in [6.45, 7) is 15.3. The first-order valence-corrected chi connectivity index (χ1v) is 19.4. The predicted octanol–water partition coefficient (Wildman–Crippen LogP) is 8.44. The lowest BCUT2D eigenvalue weighted by molar-refractivity contribution is -0.182. The van der Waals surface area contributed by atoms with Crippen LogP contribution in [0.1, 0.15) is 53.0 Å². The molecular weight excluding hydrogens is 683 g/mol. The van der Waals surface area contributed by atoms with E-state index in [1.807, 2.05) is 6.07 Å². The summed E-state index contributed by atoms with van der Waals surface area (Å²) in [4.78, 5) is 15.2. The van der Waals surface area contributed by atoms with E-state index < -0.39 is 32.6 Å². The summed E-state index contributed by atoms with van der Waals surface area (Å²) in [5, 5.41) is 21.6. The van der Waals surface area contributed by atoms with Crippen LogP contribution in [0.2, 0.25) is 0 Å². The predicted molar refractivity (Wildman–Crippen MR) is 209 cm³/mol. The summed E-state index contributed by atoms with van der Waals surface area (Å²) in [7, 11) is -1.54. The number of hydrogen-bond acceptors (Lipinski definition) is 8. The van der Waals surface area contributed by atoms with Gasteiger partial charge in [0.1, 0.15) is 29.2 Å². The van der Waals surface area contributed by atoms with Gasteiger partial charge in [-0.2, -0.15) is 5.26 Å². The molecular formula is C43H43N4O5P. The van der Waals surface area contributed by atoms with E-state index in [4.69, 9.17) is 18.5 Å². The Kier molecular flexibility index (Phi) is 9.37. The fourth-order valence-electron chi connectivity index (χ4n) is 8.24. The maximum absolute atomic E-state index is 13.4. The highest BCUT2D eigenvalue weighted by molar-refractivity contribution is 7.44. The van der Waals surface area contributed by atoms with Crippen molar-refractivity contribution in [3.05, 3.63) is 96.5 Å². The average Bonchev–Trinajstić information content (AvgIpc) is 3.65. The van der Waals surface area contributed by atoms with E-state index in [0.717, 1.165) is 16.3 Å². The molecule has 8 rings (SSSR count). The lowest BCUT2D eigenvalue weighted by atomic mass is 9.88. The van der Waals surface area contributed by atoms with E-state index in [-0.39, 0.29) is 36.6 Å². The molecule has 10 heteroatoms. The van der Waals surface area contributed by atoms with E-state index in [9.17, 15) is 10.1 Å². The Hall–Kier alpha value is -4.57. The first kappa shape index (κ1) is 35.5. The SMILES string of the molecule is C=C1NC(=O)C(C#Cc2ccc3c4cccc5cccc(c6cccc2c63)c54)=CN1[C@@H]1O[C@]2(CC)COC1[C@@H]2OP(OCCC#N)N(C(C)C)C(C)C. The maximum atomic E-state index is 13.4. The largest absolute Gasteiger partial charge is 0.368 e. The third-order valence-electron chi connectivity index (χ3n) is 10.7. The molecule has 3 heterocycles. The molecule has 0 saturated carbocycles. The van der Waals surface area contributed by atoms with Crippen LogP contribution in [-0.4, -0.2) is 64.8 Å². The number of benzene rings is 5. The number of nitrogens with one attached hydrogen (secondary N) is 1. The van der Waals surface area contributed by atoms with Gasteiger partial charge in [0.05, 0.1) is 25.7 Å². The number of rotatable bonds is 10. The first-order chi connectivity index (χ1) is 25.7. The van der Waals surface area contributed by atoms with E-state index >= 15 is 0 Å². The number of nitriles is 1. The van der Waals surface area contributed by atoms with E-state index in [2.05, 4.69) is 130 Å². The zero-order valence-electron chi connectivity index (χ0n) is 30.7. The molecule has 5 aromatic carbocycles. The number of ether oxygens (including phenoxy) is 2. The van der Waals surface area contributed by atoms with Gasteiger partial charge < -0.3 is 28.7 Å². The van der Waals surface area contributed by atoms with Crippen molar-refractivity contribution >= 4 is 57.5 Å². The molecule has 53 heavy (non-hydrogen) atoms. The van der Waals surface area contributed by atoms with Crippen molar-refractivity contribution in [1.82, 2.24) is 14.9 Å². The molecule has 3 aliphatic heterocycles. The standard InChI is InChI=1S/C43H43N4O5P/c1-7-43-25-49-39(40(43)52-53(50-23-11-22-44)47(26(2)3)27(4)5)42(51-43)46-24-31(41(48)45-28(46)6)19-18-29-20-21-36-34-16-9-13-30-12-8-15-33(37(30)34)35-17-10-14-32(29)38(35)36/h8-10,12-17,20-21,24,26-27,39-40,42H,6-7,11,23,25H2,1-5H3,(H,45,48)/t39?,40-,42+,43+,53?/m0/s1. The van der Waals surface area contributed by atoms with Crippen LogP contribution in [0.25, 0.3) is 43.1 Å². The van der Waals surface area contributed by atoms with Crippen LogP contribution in [0, 0.1) is 23.2 Å². The lowest BCUT2D eigenvalue weighted by Gasteiger charge is -2.38. The molecule has 2 bridgehead atoms. The number of amides is 1. The molecule has 9 nitrogen and oxygen atoms in total. The zero-order chi connectivity index (χ0) is 37.0. The minimum atomic E-state index is -1.54. The van der Waals surface area contributed by atoms with E-state index in [1.165, 1.54) is 32.3 Å².